The molecule has 0 saturated carbocycles. The zero-order valence-corrected chi connectivity index (χ0v) is 12.7. The molecular formula is C15H13Cl2NO3. The van der Waals surface area contributed by atoms with Gasteiger partial charge < -0.3 is 15.2 Å². The van der Waals surface area contributed by atoms with E-state index < -0.39 is 5.97 Å². The summed E-state index contributed by atoms with van der Waals surface area (Å²) in [5, 5.41) is 0.862. The zero-order chi connectivity index (χ0) is 15.4. The van der Waals surface area contributed by atoms with Crippen molar-refractivity contribution in [1.29, 1.82) is 0 Å². The summed E-state index contributed by atoms with van der Waals surface area (Å²) in [4.78, 5) is 11.7. The molecule has 4 nitrogen and oxygen atoms in total. The van der Waals surface area contributed by atoms with Crippen molar-refractivity contribution in [2.45, 2.75) is 6.61 Å². The SMILES string of the molecule is COC(=O)c1ccc(N)cc1OCc1cccc(Cl)c1Cl. The minimum Gasteiger partial charge on any atom is -0.488 e. The first-order chi connectivity index (χ1) is 10.0. The summed E-state index contributed by atoms with van der Waals surface area (Å²) in [5.74, 6) is -0.167. The van der Waals surface area contributed by atoms with Crippen molar-refractivity contribution >= 4 is 34.9 Å². The van der Waals surface area contributed by atoms with Gasteiger partial charge in [0.25, 0.3) is 0 Å². The van der Waals surface area contributed by atoms with E-state index in [4.69, 9.17) is 38.4 Å². The van der Waals surface area contributed by atoms with Crippen LogP contribution >= 0.6 is 23.2 Å². The molecule has 6 heteroatoms. The van der Waals surface area contributed by atoms with Crippen molar-refractivity contribution in [2.75, 3.05) is 12.8 Å². The van der Waals surface area contributed by atoms with Crippen molar-refractivity contribution in [3.05, 3.63) is 57.6 Å². The Balaban J connectivity index is 2.25. The molecule has 0 unspecified atom stereocenters. The molecule has 0 spiro atoms. The normalized spacial score (nSPS) is 10.2. The van der Waals surface area contributed by atoms with Gasteiger partial charge in [-0.3, -0.25) is 0 Å². The van der Waals surface area contributed by atoms with Gasteiger partial charge in [-0.2, -0.15) is 0 Å². The summed E-state index contributed by atoms with van der Waals surface area (Å²) < 4.78 is 10.3. The van der Waals surface area contributed by atoms with Gasteiger partial charge in [0.1, 0.15) is 17.9 Å². The molecule has 2 aromatic rings. The van der Waals surface area contributed by atoms with E-state index in [1.165, 1.54) is 7.11 Å². The lowest BCUT2D eigenvalue weighted by Gasteiger charge is -2.12. The van der Waals surface area contributed by atoms with Crippen LogP contribution in [0.25, 0.3) is 0 Å². The molecule has 0 aliphatic heterocycles. The van der Waals surface area contributed by atoms with Crippen LogP contribution in [-0.2, 0) is 11.3 Å². The smallest absolute Gasteiger partial charge is 0.341 e. The average Bonchev–Trinajstić information content (AvgIpc) is 2.48. The summed E-state index contributed by atoms with van der Waals surface area (Å²) in [6.45, 7) is 0.160. The third-order valence-electron chi connectivity index (χ3n) is 2.83. The van der Waals surface area contributed by atoms with E-state index in [9.17, 15) is 4.79 Å². The van der Waals surface area contributed by atoms with E-state index in [0.717, 1.165) is 0 Å². The van der Waals surface area contributed by atoms with Crippen molar-refractivity contribution in [3.63, 3.8) is 0 Å². The summed E-state index contributed by atoms with van der Waals surface area (Å²) >= 11 is 12.0. The molecule has 0 atom stereocenters. The summed E-state index contributed by atoms with van der Waals surface area (Å²) in [6.07, 6.45) is 0. The van der Waals surface area contributed by atoms with Gasteiger partial charge in [0, 0.05) is 17.3 Å². The molecule has 0 heterocycles. The topological polar surface area (TPSA) is 61.5 Å². The van der Waals surface area contributed by atoms with Crippen LogP contribution in [0.1, 0.15) is 15.9 Å². The molecule has 0 bridgehead atoms. The lowest BCUT2D eigenvalue weighted by Crippen LogP contribution is -2.06. The number of benzene rings is 2. The molecule has 0 aliphatic carbocycles. The number of anilines is 1. The minimum absolute atomic E-state index is 0.160. The molecule has 0 fully saturated rings. The van der Waals surface area contributed by atoms with E-state index in [1.54, 1.807) is 36.4 Å². The Labute approximate surface area is 132 Å². The van der Waals surface area contributed by atoms with Gasteiger partial charge in [-0.15, -0.1) is 0 Å². The number of carbonyl (C=O) groups excluding carboxylic acids is 1. The van der Waals surface area contributed by atoms with Crippen molar-refractivity contribution in [3.8, 4) is 5.75 Å². The van der Waals surface area contributed by atoms with Crippen LogP contribution in [0.4, 0.5) is 5.69 Å². The minimum atomic E-state index is -0.498. The number of nitrogen functional groups attached to an aromatic ring is 1. The molecule has 0 radical (unpaired) electrons. The van der Waals surface area contributed by atoms with Crippen LogP contribution in [0.3, 0.4) is 0 Å². The number of nitrogens with two attached hydrogens (primary N) is 1. The first kappa shape index (κ1) is 15.5. The van der Waals surface area contributed by atoms with E-state index in [1.807, 2.05) is 0 Å². The van der Waals surface area contributed by atoms with Gasteiger partial charge in [0.2, 0.25) is 0 Å². The highest BCUT2D eigenvalue weighted by molar-refractivity contribution is 6.42. The third kappa shape index (κ3) is 3.60. The van der Waals surface area contributed by atoms with Crippen LogP contribution in [0.5, 0.6) is 5.75 Å². The number of halogens is 2. The fourth-order valence-electron chi connectivity index (χ4n) is 1.75. The molecule has 2 aromatic carbocycles. The van der Waals surface area contributed by atoms with Gasteiger partial charge in [-0.25, -0.2) is 4.79 Å². The Morgan fingerprint density at radius 3 is 2.71 bits per heavy atom. The summed E-state index contributed by atoms with van der Waals surface area (Å²) in [6, 6.07) is 9.96. The largest absolute Gasteiger partial charge is 0.488 e. The van der Waals surface area contributed by atoms with Gasteiger partial charge >= 0.3 is 5.97 Å². The number of hydrogen-bond donors (Lipinski definition) is 1. The molecule has 21 heavy (non-hydrogen) atoms. The lowest BCUT2D eigenvalue weighted by molar-refractivity contribution is 0.0595. The number of methoxy groups -OCH3 is 1. The van der Waals surface area contributed by atoms with Crippen molar-refractivity contribution in [1.82, 2.24) is 0 Å². The Morgan fingerprint density at radius 1 is 1.24 bits per heavy atom. The second-order valence-electron chi connectivity index (χ2n) is 4.25. The molecule has 2 N–H and O–H groups in total. The Bertz CT molecular complexity index is 674. The van der Waals surface area contributed by atoms with Crippen LogP contribution in [0, 0.1) is 0 Å². The maximum Gasteiger partial charge on any atom is 0.341 e. The number of esters is 1. The Hall–Kier alpha value is -1.91. The fourth-order valence-corrected chi connectivity index (χ4v) is 2.13. The predicted molar refractivity (Wildman–Crippen MR) is 83.0 cm³/mol. The quantitative estimate of drug-likeness (QED) is 0.683. The summed E-state index contributed by atoms with van der Waals surface area (Å²) in [7, 11) is 1.30. The van der Waals surface area contributed by atoms with Crippen molar-refractivity contribution < 1.29 is 14.3 Å². The van der Waals surface area contributed by atoms with Crippen LogP contribution in [0.2, 0.25) is 10.0 Å². The van der Waals surface area contributed by atoms with E-state index in [2.05, 4.69) is 0 Å². The fraction of sp³-hybridized carbons (Fsp3) is 0.133. The zero-order valence-electron chi connectivity index (χ0n) is 11.2. The maximum atomic E-state index is 11.7. The number of ether oxygens (including phenoxy) is 2. The lowest BCUT2D eigenvalue weighted by atomic mass is 10.2. The molecule has 2 rings (SSSR count). The van der Waals surface area contributed by atoms with E-state index in [0.29, 0.717) is 32.6 Å². The molecular weight excluding hydrogens is 313 g/mol. The van der Waals surface area contributed by atoms with Crippen LogP contribution in [-0.4, -0.2) is 13.1 Å². The monoisotopic (exact) mass is 325 g/mol. The highest BCUT2D eigenvalue weighted by Gasteiger charge is 2.14. The van der Waals surface area contributed by atoms with Gasteiger partial charge in [-0.1, -0.05) is 35.3 Å². The second kappa shape index (κ2) is 6.70. The first-order valence-corrected chi connectivity index (χ1v) is 6.82. The highest BCUT2D eigenvalue weighted by atomic mass is 35.5. The second-order valence-corrected chi connectivity index (χ2v) is 5.03. The Kier molecular flexibility index (Phi) is 4.94. The average molecular weight is 326 g/mol. The predicted octanol–water partition coefficient (Wildman–Crippen LogP) is 3.94. The molecule has 0 aliphatic rings. The van der Waals surface area contributed by atoms with E-state index >= 15 is 0 Å². The first-order valence-electron chi connectivity index (χ1n) is 6.06. The highest BCUT2D eigenvalue weighted by Crippen LogP contribution is 2.28. The van der Waals surface area contributed by atoms with Crippen molar-refractivity contribution in [2.24, 2.45) is 0 Å². The maximum absolute atomic E-state index is 11.7. The third-order valence-corrected chi connectivity index (χ3v) is 3.68. The Morgan fingerprint density at radius 2 is 2.00 bits per heavy atom. The molecule has 0 aromatic heterocycles. The van der Waals surface area contributed by atoms with E-state index in [-0.39, 0.29) is 6.61 Å². The summed E-state index contributed by atoms with van der Waals surface area (Å²) in [5.41, 5.74) is 7.20. The van der Waals surface area contributed by atoms with Crippen LogP contribution < -0.4 is 10.5 Å². The molecule has 0 saturated heterocycles. The standard InChI is InChI=1S/C15H13Cl2NO3/c1-20-15(19)11-6-5-10(18)7-13(11)21-8-9-3-2-4-12(16)14(9)17/h2-7H,8,18H2,1H3. The number of rotatable bonds is 4. The molecule has 0 amide bonds. The number of carbonyl (C=O) groups is 1. The van der Waals surface area contributed by atoms with Gasteiger partial charge in [0.05, 0.1) is 17.2 Å². The molecule has 110 valence electrons. The van der Waals surface area contributed by atoms with Crippen LogP contribution in [0.15, 0.2) is 36.4 Å². The van der Waals surface area contributed by atoms with Gasteiger partial charge in [-0.05, 0) is 18.2 Å². The number of hydrogen-bond acceptors (Lipinski definition) is 4. The van der Waals surface area contributed by atoms with Gasteiger partial charge in [0.15, 0.2) is 0 Å².